The Morgan fingerprint density at radius 3 is 2.69 bits per heavy atom. The van der Waals surface area contributed by atoms with Crippen molar-refractivity contribution >= 4 is 5.97 Å². The predicted octanol–water partition coefficient (Wildman–Crippen LogP) is 0.0448. The lowest BCUT2D eigenvalue weighted by atomic mass is 10.2. The van der Waals surface area contributed by atoms with Crippen LogP contribution in [-0.4, -0.2) is 62.5 Å². The van der Waals surface area contributed by atoms with Crippen LogP contribution in [0.3, 0.4) is 0 Å². The van der Waals surface area contributed by atoms with Gasteiger partial charge in [-0.1, -0.05) is 6.58 Å². The van der Waals surface area contributed by atoms with Crippen molar-refractivity contribution in [3.05, 3.63) is 12.2 Å². The number of hydrogen-bond donors (Lipinski definition) is 1. The summed E-state index contributed by atoms with van der Waals surface area (Å²) in [5.74, 6) is -0.393. The maximum atomic E-state index is 11.3. The Labute approximate surface area is 96.6 Å². The maximum absolute atomic E-state index is 11.3. The second-order valence-corrected chi connectivity index (χ2v) is 3.63. The van der Waals surface area contributed by atoms with E-state index >= 15 is 0 Å². The van der Waals surface area contributed by atoms with Crippen LogP contribution in [0, 0.1) is 0 Å². The van der Waals surface area contributed by atoms with Gasteiger partial charge >= 0.3 is 5.97 Å². The Kier molecular flexibility index (Phi) is 7.80. The highest BCUT2D eigenvalue weighted by atomic mass is 16.5. The number of ether oxygens (including phenoxy) is 2. The molecule has 0 aromatic carbocycles. The van der Waals surface area contributed by atoms with Gasteiger partial charge in [0.05, 0.1) is 19.3 Å². The Morgan fingerprint density at radius 2 is 2.19 bits per heavy atom. The van der Waals surface area contributed by atoms with Crippen LogP contribution in [0.4, 0.5) is 0 Å². The van der Waals surface area contributed by atoms with Crippen molar-refractivity contribution in [2.75, 3.05) is 40.5 Å². The van der Waals surface area contributed by atoms with Crippen LogP contribution < -0.4 is 0 Å². The van der Waals surface area contributed by atoms with E-state index in [-0.39, 0.29) is 6.61 Å². The predicted molar refractivity (Wildman–Crippen MR) is 61.2 cm³/mol. The van der Waals surface area contributed by atoms with Gasteiger partial charge in [-0.15, -0.1) is 0 Å². The molecular weight excluding hydrogens is 210 g/mol. The number of rotatable bonds is 8. The fourth-order valence-electron chi connectivity index (χ4n) is 1.29. The molecule has 0 aliphatic heterocycles. The van der Waals surface area contributed by atoms with E-state index in [0.29, 0.717) is 25.3 Å². The summed E-state index contributed by atoms with van der Waals surface area (Å²) in [6.45, 7) is 6.80. The van der Waals surface area contributed by atoms with Crippen LogP contribution in [0.2, 0.25) is 0 Å². The summed E-state index contributed by atoms with van der Waals surface area (Å²) in [7, 11) is 3.32. The smallest absolute Gasteiger partial charge is 0.334 e. The molecule has 0 saturated heterocycles. The Balaban J connectivity index is 3.90. The monoisotopic (exact) mass is 231 g/mol. The highest BCUT2D eigenvalue weighted by Gasteiger charge is 2.13. The molecule has 0 bridgehead atoms. The number of nitrogens with zero attached hydrogens (tertiary/aromatic N) is 1. The van der Waals surface area contributed by atoms with Crippen molar-refractivity contribution in [3.8, 4) is 0 Å². The standard InChI is InChI=1S/C11H21NO4/c1-5-16-11(14)9(2)6-12(3)7-10(13)8-15-4/h10,13H,2,5-8H2,1,3-4H3. The third kappa shape index (κ3) is 6.55. The summed E-state index contributed by atoms with van der Waals surface area (Å²) in [4.78, 5) is 13.0. The van der Waals surface area contributed by atoms with E-state index in [1.807, 2.05) is 0 Å². The van der Waals surface area contributed by atoms with Gasteiger partial charge in [-0.05, 0) is 14.0 Å². The number of methoxy groups -OCH3 is 1. The molecule has 0 aromatic heterocycles. The molecule has 5 nitrogen and oxygen atoms in total. The van der Waals surface area contributed by atoms with Gasteiger partial charge in [-0.2, -0.15) is 0 Å². The van der Waals surface area contributed by atoms with E-state index in [1.54, 1.807) is 18.9 Å². The Morgan fingerprint density at radius 1 is 1.56 bits per heavy atom. The fourth-order valence-corrected chi connectivity index (χ4v) is 1.29. The average Bonchev–Trinajstić information content (AvgIpc) is 2.17. The molecule has 94 valence electrons. The minimum Gasteiger partial charge on any atom is -0.463 e. The maximum Gasteiger partial charge on any atom is 0.334 e. The van der Waals surface area contributed by atoms with Gasteiger partial charge in [-0.25, -0.2) is 4.79 Å². The SMILES string of the molecule is C=C(CN(C)CC(O)COC)C(=O)OCC. The molecule has 5 heteroatoms. The molecule has 0 aliphatic carbocycles. The molecule has 1 unspecified atom stereocenters. The number of carbonyl (C=O) groups is 1. The fraction of sp³-hybridized carbons (Fsp3) is 0.727. The largest absolute Gasteiger partial charge is 0.463 e. The van der Waals surface area contributed by atoms with Crippen molar-refractivity contribution in [1.82, 2.24) is 4.90 Å². The average molecular weight is 231 g/mol. The van der Waals surface area contributed by atoms with E-state index in [4.69, 9.17) is 9.47 Å². The molecule has 0 aromatic rings. The van der Waals surface area contributed by atoms with Gasteiger partial charge in [0.15, 0.2) is 0 Å². The summed E-state index contributed by atoms with van der Waals surface area (Å²) in [5, 5.41) is 9.46. The number of carbonyl (C=O) groups excluding carboxylic acids is 1. The second kappa shape index (κ2) is 8.27. The molecule has 1 atom stereocenters. The van der Waals surface area contributed by atoms with Crippen molar-refractivity contribution in [1.29, 1.82) is 0 Å². The van der Waals surface area contributed by atoms with E-state index in [0.717, 1.165) is 0 Å². The third-order valence-corrected chi connectivity index (χ3v) is 1.91. The van der Waals surface area contributed by atoms with Gasteiger partial charge in [0, 0.05) is 25.8 Å². The van der Waals surface area contributed by atoms with E-state index < -0.39 is 12.1 Å². The molecular formula is C11H21NO4. The number of aliphatic hydroxyl groups excluding tert-OH is 1. The first-order valence-electron chi connectivity index (χ1n) is 5.21. The summed E-state index contributed by atoms with van der Waals surface area (Å²) >= 11 is 0. The first kappa shape index (κ1) is 15.1. The van der Waals surface area contributed by atoms with Gasteiger partial charge in [0.1, 0.15) is 0 Å². The van der Waals surface area contributed by atoms with Crippen LogP contribution in [0.25, 0.3) is 0 Å². The van der Waals surface area contributed by atoms with E-state index in [2.05, 4.69) is 6.58 Å². The number of hydrogen-bond acceptors (Lipinski definition) is 5. The molecule has 0 rings (SSSR count). The van der Waals surface area contributed by atoms with Crippen molar-refractivity contribution in [2.45, 2.75) is 13.0 Å². The molecule has 0 radical (unpaired) electrons. The first-order chi connectivity index (χ1) is 7.51. The molecule has 0 spiro atoms. The van der Waals surface area contributed by atoms with Crippen LogP contribution in [-0.2, 0) is 14.3 Å². The minimum atomic E-state index is -0.565. The quantitative estimate of drug-likeness (QED) is 0.472. The van der Waals surface area contributed by atoms with Crippen molar-refractivity contribution < 1.29 is 19.4 Å². The zero-order chi connectivity index (χ0) is 12.6. The van der Waals surface area contributed by atoms with Crippen molar-refractivity contribution in [3.63, 3.8) is 0 Å². The summed E-state index contributed by atoms with van der Waals surface area (Å²) in [5.41, 5.74) is 0.383. The minimum absolute atomic E-state index is 0.274. The number of esters is 1. The molecule has 0 aliphatic rings. The highest BCUT2D eigenvalue weighted by molar-refractivity contribution is 5.88. The zero-order valence-electron chi connectivity index (χ0n) is 10.2. The lowest BCUT2D eigenvalue weighted by molar-refractivity contribution is -0.138. The van der Waals surface area contributed by atoms with E-state index in [1.165, 1.54) is 7.11 Å². The summed E-state index contributed by atoms with van der Waals surface area (Å²) in [6, 6.07) is 0. The third-order valence-electron chi connectivity index (χ3n) is 1.91. The summed E-state index contributed by atoms with van der Waals surface area (Å²) < 4.78 is 9.61. The normalized spacial score (nSPS) is 12.6. The lowest BCUT2D eigenvalue weighted by Gasteiger charge is -2.20. The molecule has 0 heterocycles. The van der Waals surface area contributed by atoms with Crippen LogP contribution in [0.1, 0.15) is 6.92 Å². The van der Waals surface area contributed by atoms with Gasteiger partial charge in [0.25, 0.3) is 0 Å². The first-order valence-corrected chi connectivity index (χ1v) is 5.21. The second-order valence-electron chi connectivity index (χ2n) is 3.63. The molecule has 16 heavy (non-hydrogen) atoms. The topological polar surface area (TPSA) is 59.0 Å². The highest BCUT2D eigenvalue weighted by Crippen LogP contribution is 1.99. The molecule has 1 N–H and O–H groups in total. The van der Waals surface area contributed by atoms with E-state index in [9.17, 15) is 9.90 Å². The van der Waals surface area contributed by atoms with Gasteiger partial charge < -0.3 is 14.6 Å². The number of likely N-dealkylation sites (N-methyl/N-ethyl adjacent to an activating group) is 1. The Bertz CT molecular complexity index is 230. The molecule has 0 fully saturated rings. The summed E-state index contributed by atoms with van der Waals surface area (Å²) in [6.07, 6.45) is -0.565. The van der Waals surface area contributed by atoms with Crippen LogP contribution >= 0.6 is 0 Å². The van der Waals surface area contributed by atoms with Crippen LogP contribution in [0.5, 0.6) is 0 Å². The Hall–Kier alpha value is -0.910. The number of aliphatic hydroxyl groups is 1. The zero-order valence-corrected chi connectivity index (χ0v) is 10.2. The van der Waals surface area contributed by atoms with Crippen LogP contribution in [0.15, 0.2) is 12.2 Å². The van der Waals surface area contributed by atoms with Gasteiger partial charge in [0.2, 0.25) is 0 Å². The lowest BCUT2D eigenvalue weighted by Crippen LogP contribution is -2.34. The van der Waals surface area contributed by atoms with Gasteiger partial charge in [-0.3, -0.25) is 4.90 Å². The molecule has 0 amide bonds. The molecule has 0 saturated carbocycles. The van der Waals surface area contributed by atoms with Crippen molar-refractivity contribution in [2.24, 2.45) is 0 Å².